The Hall–Kier alpha value is -3.64. The van der Waals surface area contributed by atoms with E-state index in [1.54, 1.807) is 18.2 Å². The van der Waals surface area contributed by atoms with Crippen molar-refractivity contribution in [3.8, 4) is 0 Å². The zero-order chi connectivity index (χ0) is 23.3. The van der Waals surface area contributed by atoms with Crippen LogP contribution in [-0.4, -0.2) is 37.6 Å². The first-order valence-corrected chi connectivity index (χ1v) is 11.9. The van der Waals surface area contributed by atoms with Crippen LogP contribution in [0.2, 0.25) is 0 Å². The number of para-hydroxylation sites is 1. The Balaban J connectivity index is 1.23. The van der Waals surface area contributed by atoms with Crippen molar-refractivity contribution >= 4 is 23.2 Å². The minimum absolute atomic E-state index is 0.0672. The van der Waals surface area contributed by atoms with Crippen molar-refractivity contribution in [1.82, 2.24) is 5.32 Å². The summed E-state index contributed by atoms with van der Waals surface area (Å²) in [5.74, 6) is -0.456. The van der Waals surface area contributed by atoms with Crippen molar-refractivity contribution in [2.75, 3.05) is 29.9 Å². The monoisotopic (exact) mass is 455 g/mol. The van der Waals surface area contributed by atoms with Crippen LogP contribution in [0.5, 0.6) is 0 Å². The summed E-state index contributed by atoms with van der Waals surface area (Å²) in [7, 11) is 0. The second-order valence-corrected chi connectivity index (χ2v) is 8.83. The largest absolute Gasteiger partial charge is 0.376 e. The average Bonchev–Trinajstić information content (AvgIpc) is 3.41. The third-order valence-corrected chi connectivity index (χ3v) is 6.56. The van der Waals surface area contributed by atoms with Gasteiger partial charge in [-0.25, -0.2) is 0 Å². The number of ether oxygens (including phenoxy) is 1. The summed E-state index contributed by atoms with van der Waals surface area (Å²) in [5.41, 5.74) is 5.35. The molecule has 2 heterocycles. The molecule has 0 aromatic heterocycles. The van der Waals surface area contributed by atoms with Crippen molar-refractivity contribution < 1.29 is 14.3 Å². The number of fused-ring (bicyclic) bond motifs is 1. The molecule has 2 aliphatic rings. The second kappa shape index (κ2) is 10.1. The van der Waals surface area contributed by atoms with Crippen molar-refractivity contribution in [1.29, 1.82) is 0 Å². The summed E-state index contributed by atoms with van der Waals surface area (Å²) in [4.78, 5) is 28.0. The molecule has 2 amide bonds. The van der Waals surface area contributed by atoms with Gasteiger partial charge in [0.2, 0.25) is 0 Å². The van der Waals surface area contributed by atoms with Gasteiger partial charge < -0.3 is 20.3 Å². The minimum Gasteiger partial charge on any atom is -0.376 e. The Labute approximate surface area is 199 Å². The number of carbonyl (C=O) groups is 2. The van der Waals surface area contributed by atoms with Crippen LogP contribution < -0.4 is 15.5 Å². The van der Waals surface area contributed by atoms with E-state index in [0.29, 0.717) is 23.4 Å². The molecule has 0 aliphatic carbocycles. The highest BCUT2D eigenvalue weighted by Gasteiger charge is 2.19. The maximum absolute atomic E-state index is 12.9. The van der Waals surface area contributed by atoms with E-state index >= 15 is 0 Å². The normalized spacial score (nSPS) is 17.2. The fourth-order valence-corrected chi connectivity index (χ4v) is 4.63. The van der Waals surface area contributed by atoms with Crippen LogP contribution in [0.1, 0.15) is 44.7 Å². The predicted octanol–water partition coefficient (Wildman–Crippen LogP) is 4.41. The molecule has 1 unspecified atom stereocenters. The smallest absolute Gasteiger partial charge is 0.255 e. The van der Waals surface area contributed by atoms with Gasteiger partial charge in [-0.1, -0.05) is 36.4 Å². The van der Waals surface area contributed by atoms with Crippen LogP contribution in [0.4, 0.5) is 11.4 Å². The quantitative estimate of drug-likeness (QED) is 0.578. The maximum Gasteiger partial charge on any atom is 0.255 e. The van der Waals surface area contributed by atoms with Gasteiger partial charge >= 0.3 is 0 Å². The van der Waals surface area contributed by atoms with Gasteiger partial charge in [-0.2, -0.15) is 0 Å². The highest BCUT2D eigenvalue weighted by atomic mass is 16.5. The molecule has 0 bridgehead atoms. The molecule has 0 spiro atoms. The minimum atomic E-state index is -0.241. The van der Waals surface area contributed by atoms with E-state index in [2.05, 4.69) is 39.8 Å². The fraction of sp³-hybridized carbons (Fsp3) is 0.286. The SMILES string of the molecule is O=C(Nc1ccccc1C(=O)NCC1CCCO1)c1ccc(N2CCc3ccccc3C2)cc1. The molecule has 2 aliphatic heterocycles. The van der Waals surface area contributed by atoms with Gasteiger partial charge in [0.1, 0.15) is 0 Å². The Morgan fingerprint density at radius 3 is 2.47 bits per heavy atom. The molecule has 3 aromatic rings. The number of rotatable bonds is 6. The lowest BCUT2D eigenvalue weighted by atomic mass is 9.99. The van der Waals surface area contributed by atoms with Crippen LogP contribution in [0.15, 0.2) is 72.8 Å². The van der Waals surface area contributed by atoms with Gasteiger partial charge in [0.05, 0.1) is 17.4 Å². The van der Waals surface area contributed by atoms with Crippen LogP contribution in [0, 0.1) is 0 Å². The Morgan fingerprint density at radius 1 is 0.912 bits per heavy atom. The molecule has 0 radical (unpaired) electrons. The van der Waals surface area contributed by atoms with Gasteiger partial charge in [-0.05, 0) is 66.8 Å². The van der Waals surface area contributed by atoms with Gasteiger partial charge in [0, 0.05) is 37.5 Å². The van der Waals surface area contributed by atoms with Gasteiger partial charge in [0.15, 0.2) is 0 Å². The van der Waals surface area contributed by atoms with Crippen LogP contribution in [0.3, 0.4) is 0 Å². The van der Waals surface area contributed by atoms with E-state index in [9.17, 15) is 9.59 Å². The Bertz CT molecular complexity index is 1170. The average molecular weight is 456 g/mol. The summed E-state index contributed by atoms with van der Waals surface area (Å²) in [6.07, 6.45) is 3.07. The number of benzene rings is 3. The Kier molecular flexibility index (Phi) is 6.58. The van der Waals surface area contributed by atoms with Crippen molar-refractivity contribution in [2.45, 2.75) is 31.9 Å². The zero-order valence-electron chi connectivity index (χ0n) is 19.1. The number of nitrogens with one attached hydrogen (secondary N) is 2. The highest BCUT2D eigenvalue weighted by Crippen LogP contribution is 2.25. The lowest BCUT2D eigenvalue weighted by molar-refractivity contribution is 0.0858. The number of carbonyl (C=O) groups excluding carboxylic acids is 2. The van der Waals surface area contributed by atoms with Gasteiger partial charge in [-0.3, -0.25) is 9.59 Å². The van der Waals surface area contributed by atoms with E-state index in [1.807, 2.05) is 30.3 Å². The third kappa shape index (κ3) is 4.97. The molecular formula is C28H29N3O3. The molecule has 1 atom stereocenters. The number of amides is 2. The number of anilines is 2. The maximum atomic E-state index is 12.9. The van der Waals surface area contributed by atoms with Gasteiger partial charge in [-0.15, -0.1) is 0 Å². The van der Waals surface area contributed by atoms with Crippen LogP contribution in [-0.2, 0) is 17.7 Å². The standard InChI is InChI=1S/C28H29N3O3/c32-27(30-26-10-4-3-9-25(26)28(33)29-18-24-8-5-17-34-24)21-11-13-23(14-12-21)31-16-15-20-6-1-2-7-22(20)19-31/h1-4,6-7,9-14,24H,5,8,15-19H2,(H,29,33)(H,30,32). The Morgan fingerprint density at radius 2 is 1.68 bits per heavy atom. The van der Waals surface area contributed by atoms with Crippen LogP contribution >= 0.6 is 0 Å². The number of nitrogens with zero attached hydrogens (tertiary/aromatic N) is 1. The topological polar surface area (TPSA) is 70.7 Å². The van der Waals surface area contributed by atoms with Crippen molar-refractivity contribution in [2.24, 2.45) is 0 Å². The van der Waals surface area contributed by atoms with E-state index in [4.69, 9.17) is 4.74 Å². The second-order valence-electron chi connectivity index (χ2n) is 8.83. The molecule has 3 aromatic carbocycles. The molecule has 174 valence electrons. The van der Waals surface area contributed by atoms with Crippen molar-refractivity contribution in [3.63, 3.8) is 0 Å². The van der Waals surface area contributed by atoms with E-state index < -0.39 is 0 Å². The molecule has 34 heavy (non-hydrogen) atoms. The lowest BCUT2D eigenvalue weighted by Gasteiger charge is -2.30. The summed E-state index contributed by atoms with van der Waals surface area (Å²) in [5, 5.41) is 5.83. The molecule has 1 saturated heterocycles. The first-order valence-electron chi connectivity index (χ1n) is 11.9. The van der Waals surface area contributed by atoms with E-state index in [0.717, 1.165) is 44.6 Å². The molecule has 6 heteroatoms. The summed E-state index contributed by atoms with van der Waals surface area (Å²) in [6, 6.07) is 23.3. The highest BCUT2D eigenvalue weighted by molar-refractivity contribution is 6.09. The lowest BCUT2D eigenvalue weighted by Crippen LogP contribution is -2.32. The first kappa shape index (κ1) is 22.2. The molecule has 2 N–H and O–H groups in total. The summed E-state index contributed by atoms with van der Waals surface area (Å²) >= 11 is 0. The predicted molar refractivity (Wildman–Crippen MR) is 133 cm³/mol. The van der Waals surface area contributed by atoms with E-state index in [1.165, 1.54) is 11.1 Å². The molecule has 6 nitrogen and oxygen atoms in total. The molecule has 5 rings (SSSR count). The fourth-order valence-electron chi connectivity index (χ4n) is 4.63. The first-order chi connectivity index (χ1) is 16.7. The summed E-state index contributed by atoms with van der Waals surface area (Å²) < 4.78 is 5.57. The third-order valence-electron chi connectivity index (χ3n) is 6.56. The van der Waals surface area contributed by atoms with E-state index in [-0.39, 0.29) is 17.9 Å². The number of hydrogen-bond acceptors (Lipinski definition) is 4. The van der Waals surface area contributed by atoms with Gasteiger partial charge in [0.25, 0.3) is 11.8 Å². The van der Waals surface area contributed by atoms with Crippen molar-refractivity contribution in [3.05, 3.63) is 95.1 Å². The zero-order valence-corrected chi connectivity index (χ0v) is 19.1. The van der Waals surface area contributed by atoms with Crippen LogP contribution in [0.25, 0.3) is 0 Å². The number of hydrogen-bond donors (Lipinski definition) is 2. The molecular weight excluding hydrogens is 426 g/mol. The summed E-state index contributed by atoms with van der Waals surface area (Å²) in [6.45, 7) is 3.05. The molecule has 0 saturated carbocycles. The molecule has 1 fully saturated rings.